The van der Waals surface area contributed by atoms with Crippen molar-refractivity contribution in [2.45, 2.75) is 50.7 Å². The molecule has 0 spiro atoms. The van der Waals surface area contributed by atoms with Crippen LogP contribution in [0.25, 0.3) is 0 Å². The number of halogens is 3. The van der Waals surface area contributed by atoms with E-state index in [1.54, 1.807) is 12.1 Å². The Morgan fingerprint density at radius 2 is 1.89 bits per heavy atom. The maximum Gasteiger partial charge on any atom is 0.416 e. The molecule has 1 aliphatic heterocycles. The van der Waals surface area contributed by atoms with Gasteiger partial charge < -0.3 is 5.32 Å². The van der Waals surface area contributed by atoms with Gasteiger partial charge >= 0.3 is 6.18 Å². The van der Waals surface area contributed by atoms with E-state index < -0.39 is 11.7 Å². The summed E-state index contributed by atoms with van der Waals surface area (Å²) in [4.78, 5) is 0. The van der Waals surface area contributed by atoms with Gasteiger partial charge in [-0.3, -0.25) is 0 Å². The Balaban J connectivity index is 1.96. The molecule has 1 aliphatic rings. The lowest BCUT2D eigenvalue weighted by molar-refractivity contribution is -0.137. The van der Waals surface area contributed by atoms with E-state index in [1.807, 2.05) is 0 Å². The zero-order valence-corrected chi connectivity index (χ0v) is 11.2. The molecule has 1 aromatic rings. The van der Waals surface area contributed by atoms with Crippen molar-refractivity contribution in [1.29, 1.82) is 0 Å². The molecule has 1 aromatic carbocycles. The molecular weight excluding hydrogens is 251 g/mol. The van der Waals surface area contributed by atoms with Crippen molar-refractivity contribution in [3.63, 3.8) is 0 Å². The first kappa shape index (κ1) is 14.4. The maximum absolute atomic E-state index is 12.5. The molecule has 1 nitrogen and oxygen atoms in total. The quantitative estimate of drug-likeness (QED) is 0.866. The monoisotopic (exact) mass is 271 g/mol. The summed E-state index contributed by atoms with van der Waals surface area (Å²) < 4.78 is 37.4. The normalized spacial score (nSPS) is 23.8. The van der Waals surface area contributed by atoms with E-state index in [0.29, 0.717) is 0 Å². The van der Waals surface area contributed by atoms with Gasteiger partial charge in [-0.2, -0.15) is 13.2 Å². The number of hydrogen-bond acceptors (Lipinski definition) is 1. The molecule has 1 fully saturated rings. The van der Waals surface area contributed by atoms with Crippen molar-refractivity contribution >= 4 is 0 Å². The molecule has 0 amide bonds. The summed E-state index contributed by atoms with van der Waals surface area (Å²) in [7, 11) is 0. The molecule has 0 bridgehead atoms. The summed E-state index contributed by atoms with van der Waals surface area (Å²) >= 11 is 0. The van der Waals surface area contributed by atoms with Crippen LogP contribution in [0.2, 0.25) is 0 Å². The maximum atomic E-state index is 12.5. The molecule has 1 N–H and O–H groups in total. The van der Waals surface area contributed by atoms with Gasteiger partial charge in [0.05, 0.1) is 5.56 Å². The Hall–Kier alpha value is -1.03. The van der Waals surface area contributed by atoms with Crippen LogP contribution in [-0.4, -0.2) is 12.1 Å². The predicted molar refractivity (Wildman–Crippen MR) is 70.0 cm³/mol. The van der Waals surface area contributed by atoms with Gasteiger partial charge in [-0.1, -0.05) is 19.1 Å². The van der Waals surface area contributed by atoms with E-state index in [1.165, 1.54) is 25.0 Å². The van der Waals surface area contributed by atoms with E-state index in [0.717, 1.165) is 31.4 Å². The summed E-state index contributed by atoms with van der Waals surface area (Å²) in [6.07, 6.45) is 1.03. The lowest BCUT2D eigenvalue weighted by Crippen LogP contribution is -2.39. The van der Waals surface area contributed by atoms with Crippen LogP contribution < -0.4 is 5.32 Å². The highest BCUT2D eigenvalue weighted by molar-refractivity contribution is 5.25. The number of alkyl halides is 3. The summed E-state index contributed by atoms with van der Waals surface area (Å²) in [6, 6.07) is 5.55. The van der Waals surface area contributed by atoms with Crippen LogP contribution in [0.1, 0.15) is 43.7 Å². The second-order valence-electron chi connectivity index (χ2n) is 5.36. The van der Waals surface area contributed by atoms with Crippen molar-refractivity contribution in [3.8, 4) is 0 Å². The van der Waals surface area contributed by atoms with E-state index in [-0.39, 0.29) is 5.54 Å². The van der Waals surface area contributed by atoms with Crippen molar-refractivity contribution in [2.75, 3.05) is 6.54 Å². The fraction of sp³-hybridized carbons (Fsp3) is 0.600. The average molecular weight is 271 g/mol. The summed E-state index contributed by atoms with van der Waals surface area (Å²) in [5, 5.41) is 3.55. The van der Waals surface area contributed by atoms with Crippen LogP contribution in [0.4, 0.5) is 13.2 Å². The molecule has 1 unspecified atom stereocenters. The Labute approximate surface area is 112 Å². The fourth-order valence-corrected chi connectivity index (χ4v) is 2.80. The predicted octanol–water partition coefficient (Wildman–Crippen LogP) is 4.17. The molecule has 0 aromatic heterocycles. The highest BCUT2D eigenvalue weighted by Crippen LogP contribution is 2.31. The largest absolute Gasteiger partial charge is 0.416 e. The second kappa shape index (κ2) is 5.53. The minimum atomic E-state index is -4.24. The minimum Gasteiger partial charge on any atom is -0.311 e. The zero-order valence-electron chi connectivity index (χ0n) is 11.2. The Kier molecular flexibility index (Phi) is 4.19. The Morgan fingerprint density at radius 3 is 2.37 bits per heavy atom. The molecule has 0 saturated carbocycles. The highest BCUT2D eigenvalue weighted by Gasteiger charge is 2.31. The highest BCUT2D eigenvalue weighted by atomic mass is 19.4. The lowest BCUT2D eigenvalue weighted by Gasteiger charge is -2.28. The Bertz CT molecular complexity index is 402. The standard InChI is InChI=1S/C15H20F3N/c1-2-14(9-3-11-19-14)10-8-12-4-6-13(7-5-12)15(16,17)18/h4-7,19H,2-3,8-11H2,1H3. The first-order valence-corrected chi connectivity index (χ1v) is 6.86. The van der Waals surface area contributed by atoms with Gasteiger partial charge in [0.1, 0.15) is 0 Å². The van der Waals surface area contributed by atoms with Crippen LogP contribution >= 0.6 is 0 Å². The van der Waals surface area contributed by atoms with Crippen molar-refractivity contribution < 1.29 is 13.2 Å². The van der Waals surface area contributed by atoms with Crippen molar-refractivity contribution in [1.82, 2.24) is 5.32 Å². The van der Waals surface area contributed by atoms with Crippen LogP contribution in [0.3, 0.4) is 0 Å². The van der Waals surface area contributed by atoms with Crippen molar-refractivity contribution in [2.24, 2.45) is 0 Å². The molecule has 1 saturated heterocycles. The SMILES string of the molecule is CCC1(CCc2ccc(C(F)(F)F)cc2)CCCN1. The topological polar surface area (TPSA) is 12.0 Å². The summed E-state index contributed by atoms with van der Waals surface area (Å²) in [6.45, 7) is 3.23. The first-order chi connectivity index (χ1) is 8.95. The van der Waals surface area contributed by atoms with Crippen molar-refractivity contribution in [3.05, 3.63) is 35.4 Å². The molecular formula is C15H20F3N. The number of aryl methyl sites for hydroxylation is 1. The minimum absolute atomic E-state index is 0.197. The zero-order chi connectivity index (χ0) is 13.9. The molecule has 1 atom stereocenters. The van der Waals surface area contributed by atoms with Crippen LogP contribution in [0.5, 0.6) is 0 Å². The molecule has 0 aliphatic carbocycles. The smallest absolute Gasteiger partial charge is 0.311 e. The first-order valence-electron chi connectivity index (χ1n) is 6.86. The molecule has 19 heavy (non-hydrogen) atoms. The molecule has 106 valence electrons. The van der Waals surface area contributed by atoms with Crippen LogP contribution in [0, 0.1) is 0 Å². The van der Waals surface area contributed by atoms with Gasteiger partial charge in [-0.25, -0.2) is 0 Å². The second-order valence-corrected chi connectivity index (χ2v) is 5.36. The number of benzene rings is 1. The third kappa shape index (κ3) is 3.50. The number of hydrogen-bond donors (Lipinski definition) is 1. The Morgan fingerprint density at radius 1 is 1.21 bits per heavy atom. The third-order valence-corrected chi connectivity index (χ3v) is 4.18. The molecule has 4 heteroatoms. The van der Waals surface area contributed by atoms with E-state index in [2.05, 4.69) is 12.2 Å². The van der Waals surface area contributed by atoms with Gasteiger partial charge in [0.2, 0.25) is 0 Å². The third-order valence-electron chi connectivity index (χ3n) is 4.18. The van der Waals surface area contributed by atoms with Gasteiger partial charge in [0.15, 0.2) is 0 Å². The lowest BCUT2D eigenvalue weighted by atomic mass is 9.87. The number of rotatable bonds is 4. The molecule has 1 heterocycles. The summed E-state index contributed by atoms with van der Waals surface area (Å²) in [5.74, 6) is 0. The fourth-order valence-electron chi connectivity index (χ4n) is 2.80. The average Bonchev–Trinajstić information content (AvgIpc) is 2.85. The van der Waals surface area contributed by atoms with Gasteiger partial charge in [-0.15, -0.1) is 0 Å². The summed E-state index contributed by atoms with van der Waals surface area (Å²) in [5.41, 5.74) is 0.609. The molecule has 0 radical (unpaired) electrons. The van der Waals surface area contributed by atoms with Gasteiger partial charge in [0.25, 0.3) is 0 Å². The van der Waals surface area contributed by atoms with E-state index >= 15 is 0 Å². The van der Waals surface area contributed by atoms with Crippen LogP contribution in [-0.2, 0) is 12.6 Å². The van der Waals surface area contributed by atoms with Gasteiger partial charge in [0, 0.05) is 5.54 Å². The number of nitrogens with one attached hydrogen (secondary N) is 1. The van der Waals surface area contributed by atoms with E-state index in [9.17, 15) is 13.2 Å². The van der Waals surface area contributed by atoms with E-state index in [4.69, 9.17) is 0 Å². The molecule has 2 rings (SSSR count). The van der Waals surface area contributed by atoms with Crippen LogP contribution in [0.15, 0.2) is 24.3 Å². The van der Waals surface area contributed by atoms with Gasteiger partial charge in [-0.05, 0) is 56.3 Å².